The third-order valence-electron chi connectivity index (χ3n) is 4.25. The second kappa shape index (κ2) is 7.98. The maximum atomic E-state index is 14.4. The zero-order chi connectivity index (χ0) is 17.6. The first-order valence-electron chi connectivity index (χ1n) is 8.32. The lowest BCUT2D eigenvalue weighted by molar-refractivity contribution is 0.155. The van der Waals surface area contributed by atoms with E-state index in [1.165, 1.54) is 6.07 Å². The van der Waals surface area contributed by atoms with Crippen LogP contribution in [0.4, 0.5) is 20.6 Å². The molecule has 1 N–H and O–H groups in total. The number of anilines is 2. The minimum atomic E-state index is -0.601. The normalized spacial score (nSPS) is 15.0. The van der Waals surface area contributed by atoms with E-state index in [9.17, 15) is 9.18 Å². The van der Waals surface area contributed by atoms with Crippen LogP contribution in [0, 0.1) is 5.82 Å². The van der Waals surface area contributed by atoms with Crippen LogP contribution in [0.1, 0.15) is 5.56 Å². The Hall–Kier alpha value is -2.60. The highest BCUT2D eigenvalue weighted by Gasteiger charge is 2.17. The first kappa shape index (κ1) is 17.2. The molecule has 3 rings (SSSR count). The van der Waals surface area contributed by atoms with Gasteiger partial charge in [-0.3, -0.25) is 5.32 Å². The molecule has 1 saturated heterocycles. The van der Waals surface area contributed by atoms with Crippen LogP contribution in [-0.4, -0.2) is 44.2 Å². The van der Waals surface area contributed by atoms with Gasteiger partial charge in [0.05, 0.1) is 5.69 Å². The zero-order valence-corrected chi connectivity index (χ0v) is 14.2. The summed E-state index contributed by atoms with van der Waals surface area (Å²) in [6.45, 7) is 3.57. The number of hydrogen-bond donors (Lipinski definition) is 1. The first-order chi connectivity index (χ1) is 12.1. The molecular formula is C19H22FN3O2. The van der Waals surface area contributed by atoms with Gasteiger partial charge >= 0.3 is 6.09 Å². The molecule has 0 unspecified atom stereocenters. The van der Waals surface area contributed by atoms with E-state index >= 15 is 0 Å². The molecular weight excluding hydrogens is 321 g/mol. The Morgan fingerprint density at radius 3 is 2.52 bits per heavy atom. The Bertz CT molecular complexity index is 716. The Balaban J connectivity index is 1.56. The minimum Gasteiger partial charge on any atom is -0.444 e. The Morgan fingerprint density at radius 1 is 1.12 bits per heavy atom. The number of halogens is 1. The van der Waals surface area contributed by atoms with Crippen LogP contribution in [-0.2, 0) is 11.3 Å². The predicted molar refractivity (Wildman–Crippen MR) is 96.4 cm³/mol. The van der Waals surface area contributed by atoms with E-state index in [0.29, 0.717) is 11.4 Å². The third-order valence-corrected chi connectivity index (χ3v) is 4.25. The third kappa shape index (κ3) is 4.70. The van der Waals surface area contributed by atoms with Gasteiger partial charge in [-0.1, -0.05) is 30.3 Å². The fraction of sp³-hybridized carbons (Fsp3) is 0.316. The number of benzene rings is 2. The Labute approximate surface area is 147 Å². The van der Waals surface area contributed by atoms with Crippen molar-refractivity contribution in [1.29, 1.82) is 0 Å². The van der Waals surface area contributed by atoms with Crippen LogP contribution in [0.2, 0.25) is 0 Å². The van der Waals surface area contributed by atoms with Gasteiger partial charge in [-0.15, -0.1) is 0 Å². The molecule has 0 aliphatic carbocycles. The second-order valence-corrected chi connectivity index (χ2v) is 6.14. The fourth-order valence-corrected chi connectivity index (χ4v) is 2.77. The Kier molecular flexibility index (Phi) is 5.50. The fourth-order valence-electron chi connectivity index (χ4n) is 2.77. The minimum absolute atomic E-state index is 0.175. The molecule has 5 nitrogen and oxygen atoms in total. The van der Waals surface area contributed by atoms with Gasteiger partial charge < -0.3 is 14.5 Å². The van der Waals surface area contributed by atoms with Crippen molar-refractivity contribution in [2.75, 3.05) is 43.4 Å². The van der Waals surface area contributed by atoms with Gasteiger partial charge in [0.2, 0.25) is 0 Å². The molecule has 1 aliphatic rings. The number of likely N-dealkylation sites (N-methyl/N-ethyl adjacent to an activating group) is 1. The van der Waals surface area contributed by atoms with Crippen LogP contribution in [0.5, 0.6) is 0 Å². The van der Waals surface area contributed by atoms with Gasteiger partial charge in [0.1, 0.15) is 12.4 Å². The standard InChI is InChI=1S/C19H22FN3O2/c1-22-9-11-23(12-10-22)18-8-7-16(13-17(18)20)21-19(24)25-14-15-5-3-2-4-6-15/h2-8,13H,9-12,14H2,1H3,(H,21,24). The molecule has 1 fully saturated rings. The molecule has 0 atom stereocenters. The van der Waals surface area contributed by atoms with Gasteiger partial charge in [-0.25, -0.2) is 9.18 Å². The molecule has 1 amide bonds. The largest absolute Gasteiger partial charge is 0.444 e. The molecule has 0 saturated carbocycles. The maximum absolute atomic E-state index is 14.4. The summed E-state index contributed by atoms with van der Waals surface area (Å²) < 4.78 is 19.5. The van der Waals surface area contributed by atoms with Crippen LogP contribution < -0.4 is 10.2 Å². The Morgan fingerprint density at radius 2 is 1.84 bits per heavy atom. The van der Waals surface area contributed by atoms with Gasteiger partial charge in [0, 0.05) is 31.9 Å². The summed E-state index contributed by atoms with van der Waals surface area (Å²) in [5.41, 5.74) is 1.85. The highest BCUT2D eigenvalue weighted by molar-refractivity contribution is 5.85. The summed E-state index contributed by atoms with van der Waals surface area (Å²) in [5, 5.41) is 2.56. The number of carbonyl (C=O) groups is 1. The molecule has 1 aliphatic heterocycles. The lowest BCUT2D eigenvalue weighted by atomic mass is 10.2. The average molecular weight is 343 g/mol. The van der Waals surface area contributed by atoms with Crippen LogP contribution in [0.15, 0.2) is 48.5 Å². The lowest BCUT2D eigenvalue weighted by Gasteiger charge is -2.34. The number of piperazine rings is 1. The molecule has 6 heteroatoms. The summed E-state index contributed by atoms with van der Waals surface area (Å²) in [6, 6.07) is 14.1. The van der Waals surface area contributed by atoms with Crippen molar-refractivity contribution in [1.82, 2.24) is 4.90 Å². The van der Waals surface area contributed by atoms with Gasteiger partial charge in [-0.2, -0.15) is 0 Å². The van der Waals surface area contributed by atoms with Crippen molar-refractivity contribution in [2.24, 2.45) is 0 Å². The van der Waals surface area contributed by atoms with E-state index in [1.807, 2.05) is 35.2 Å². The molecule has 0 aromatic heterocycles. The van der Waals surface area contributed by atoms with Crippen molar-refractivity contribution in [3.05, 3.63) is 59.9 Å². The molecule has 2 aromatic rings. The summed E-state index contributed by atoms with van der Waals surface area (Å²) >= 11 is 0. The number of rotatable bonds is 4. The zero-order valence-electron chi connectivity index (χ0n) is 14.2. The quantitative estimate of drug-likeness (QED) is 0.925. The van der Waals surface area contributed by atoms with Crippen molar-refractivity contribution in [3.8, 4) is 0 Å². The first-order valence-corrected chi connectivity index (χ1v) is 8.32. The molecule has 2 aromatic carbocycles. The number of nitrogens with one attached hydrogen (secondary N) is 1. The summed E-state index contributed by atoms with van der Waals surface area (Å²) in [7, 11) is 2.06. The number of ether oxygens (including phenoxy) is 1. The smallest absolute Gasteiger partial charge is 0.411 e. The monoisotopic (exact) mass is 343 g/mol. The average Bonchev–Trinajstić information content (AvgIpc) is 2.62. The van der Waals surface area contributed by atoms with E-state index in [0.717, 1.165) is 31.7 Å². The summed E-state index contributed by atoms with van der Waals surface area (Å²) in [5.74, 6) is -0.342. The van der Waals surface area contributed by atoms with Gasteiger partial charge in [0.25, 0.3) is 0 Å². The number of amides is 1. The highest BCUT2D eigenvalue weighted by atomic mass is 19.1. The topological polar surface area (TPSA) is 44.8 Å². The SMILES string of the molecule is CN1CCN(c2ccc(NC(=O)OCc3ccccc3)cc2F)CC1. The van der Waals surface area contributed by atoms with Crippen LogP contribution in [0.25, 0.3) is 0 Å². The van der Waals surface area contributed by atoms with E-state index in [1.54, 1.807) is 12.1 Å². The summed E-state index contributed by atoms with van der Waals surface area (Å²) in [4.78, 5) is 16.1. The van der Waals surface area contributed by atoms with E-state index in [-0.39, 0.29) is 12.4 Å². The molecule has 25 heavy (non-hydrogen) atoms. The van der Waals surface area contributed by atoms with Crippen LogP contribution >= 0.6 is 0 Å². The number of carbonyl (C=O) groups excluding carboxylic acids is 1. The number of nitrogens with zero attached hydrogens (tertiary/aromatic N) is 2. The number of hydrogen-bond acceptors (Lipinski definition) is 4. The molecule has 0 spiro atoms. The van der Waals surface area contributed by atoms with Crippen molar-refractivity contribution in [2.45, 2.75) is 6.61 Å². The van der Waals surface area contributed by atoms with Gasteiger partial charge in [-0.05, 0) is 30.8 Å². The highest BCUT2D eigenvalue weighted by Crippen LogP contribution is 2.24. The van der Waals surface area contributed by atoms with E-state index in [2.05, 4.69) is 17.3 Å². The van der Waals surface area contributed by atoms with Crippen molar-refractivity contribution < 1.29 is 13.9 Å². The lowest BCUT2D eigenvalue weighted by Crippen LogP contribution is -2.44. The predicted octanol–water partition coefficient (Wildman–Crippen LogP) is 3.33. The molecule has 0 radical (unpaired) electrons. The van der Waals surface area contributed by atoms with Gasteiger partial charge in [0.15, 0.2) is 0 Å². The second-order valence-electron chi connectivity index (χ2n) is 6.14. The van der Waals surface area contributed by atoms with E-state index in [4.69, 9.17) is 4.74 Å². The van der Waals surface area contributed by atoms with Crippen LogP contribution in [0.3, 0.4) is 0 Å². The summed E-state index contributed by atoms with van der Waals surface area (Å²) in [6.07, 6.45) is -0.601. The van der Waals surface area contributed by atoms with E-state index < -0.39 is 6.09 Å². The van der Waals surface area contributed by atoms with Crippen molar-refractivity contribution >= 4 is 17.5 Å². The molecule has 0 bridgehead atoms. The molecule has 1 heterocycles. The molecule has 132 valence electrons. The van der Waals surface area contributed by atoms with Crippen molar-refractivity contribution in [3.63, 3.8) is 0 Å². The maximum Gasteiger partial charge on any atom is 0.411 e.